The first-order chi connectivity index (χ1) is 9.85. The van der Waals surface area contributed by atoms with Crippen LogP contribution in [0.15, 0.2) is 16.7 Å². The Kier molecular flexibility index (Phi) is 4.76. The number of hydrogen-bond acceptors (Lipinski definition) is 4. The van der Waals surface area contributed by atoms with E-state index >= 15 is 0 Å². The molecule has 0 aromatic carbocycles. The van der Waals surface area contributed by atoms with Crippen LogP contribution in [0.3, 0.4) is 0 Å². The second kappa shape index (κ2) is 6.74. The summed E-state index contributed by atoms with van der Waals surface area (Å²) in [6.45, 7) is 7.02. The first-order valence-corrected chi connectivity index (χ1v) is 7.97. The SMILES string of the molecule is CCOC1CCN(Cc2occc2CNC2CC2)CC1. The van der Waals surface area contributed by atoms with E-state index < -0.39 is 0 Å². The Morgan fingerprint density at radius 3 is 2.80 bits per heavy atom. The minimum Gasteiger partial charge on any atom is -0.468 e. The lowest BCUT2D eigenvalue weighted by atomic mass is 10.1. The lowest BCUT2D eigenvalue weighted by Gasteiger charge is -2.31. The van der Waals surface area contributed by atoms with Crippen molar-refractivity contribution in [3.8, 4) is 0 Å². The van der Waals surface area contributed by atoms with Crippen LogP contribution < -0.4 is 5.32 Å². The zero-order valence-electron chi connectivity index (χ0n) is 12.4. The van der Waals surface area contributed by atoms with E-state index in [1.165, 1.54) is 18.4 Å². The number of nitrogens with zero attached hydrogens (tertiary/aromatic N) is 1. The van der Waals surface area contributed by atoms with E-state index in [0.29, 0.717) is 6.10 Å². The van der Waals surface area contributed by atoms with Crippen LogP contribution in [0.25, 0.3) is 0 Å². The van der Waals surface area contributed by atoms with Crippen LogP contribution in [-0.2, 0) is 17.8 Å². The number of hydrogen-bond donors (Lipinski definition) is 1. The maximum absolute atomic E-state index is 5.70. The third-order valence-electron chi connectivity index (χ3n) is 4.30. The molecule has 1 aliphatic heterocycles. The quantitative estimate of drug-likeness (QED) is 0.831. The summed E-state index contributed by atoms with van der Waals surface area (Å²) >= 11 is 0. The molecule has 0 atom stereocenters. The summed E-state index contributed by atoms with van der Waals surface area (Å²) in [5.41, 5.74) is 1.32. The molecule has 1 aromatic heterocycles. The molecular weight excluding hydrogens is 252 g/mol. The summed E-state index contributed by atoms with van der Waals surface area (Å²) < 4.78 is 11.4. The van der Waals surface area contributed by atoms with E-state index in [9.17, 15) is 0 Å². The number of nitrogens with one attached hydrogen (secondary N) is 1. The van der Waals surface area contributed by atoms with E-state index in [2.05, 4.69) is 23.2 Å². The first-order valence-electron chi connectivity index (χ1n) is 7.97. The molecule has 1 saturated heterocycles. The van der Waals surface area contributed by atoms with Crippen molar-refractivity contribution in [1.82, 2.24) is 10.2 Å². The molecule has 3 rings (SSSR count). The highest BCUT2D eigenvalue weighted by molar-refractivity contribution is 5.17. The van der Waals surface area contributed by atoms with E-state index in [4.69, 9.17) is 9.15 Å². The lowest BCUT2D eigenvalue weighted by Crippen LogP contribution is -2.36. The average Bonchev–Trinajstić information content (AvgIpc) is 3.19. The first kappa shape index (κ1) is 14.1. The molecule has 2 fully saturated rings. The van der Waals surface area contributed by atoms with Crippen LogP contribution in [0.4, 0.5) is 0 Å². The molecule has 20 heavy (non-hydrogen) atoms. The third-order valence-corrected chi connectivity index (χ3v) is 4.30. The van der Waals surface area contributed by atoms with Gasteiger partial charge in [0.05, 0.1) is 18.9 Å². The van der Waals surface area contributed by atoms with Crippen LogP contribution in [0, 0.1) is 0 Å². The van der Waals surface area contributed by atoms with Gasteiger partial charge in [-0.15, -0.1) is 0 Å². The molecule has 0 unspecified atom stereocenters. The Labute approximate surface area is 121 Å². The van der Waals surface area contributed by atoms with Gasteiger partial charge in [0.2, 0.25) is 0 Å². The van der Waals surface area contributed by atoms with Crippen LogP contribution in [0.1, 0.15) is 43.9 Å². The van der Waals surface area contributed by atoms with Crippen molar-refractivity contribution in [3.63, 3.8) is 0 Å². The van der Waals surface area contributed by atoms with Gasteiger partial charge in [-0.3, -0.25) is 4.90 Å². The molecule has 2 heterocycles. The molecule has 1 aliphatic carbocycles. The smallest absolute Gasteiger partial charge is 0.122 e. The lowest BCUT2D eigenvalue weighted by molar-refractivity contribution is 0.0111. The third kappa shape index (κ3) is 3.84. The number of furan rings is 1. The van der Waals surface area contributed by atoms with Crippen LogP contribution in [0.2, 0.25) is 0 Å². The Bertz CT molecular complexity index is 406. The summed E-state index contributed by atoms with van der Waals surface area (Å²) in [6.07, 6.45) is 7.24. The maximum Gasteiger partial charge on any atom is 0.122 e. The average molecular weight is 278 g/mol. The minimum absolute atomic E-state index is 0.462. The van der Waals surface area contributed by atoms with Crippen LogP contribution in [0.5, 0.6) is 0 Å². The molecular formula is C16H26N2O2. The monoisotopic (exact) mass is 278 g/mol. The summed E-state index contributed by atoms with van der Waals surface area (Å²) in [4.78, 5) is 2.48. The molecule has 1 saturated carbocycles. The molecule has 0 radical (unpaired) electrons. The summed E-state index contributed by atoms with van der Waals surface area (Å²) in [5.74, 6) is 1.13. The predicted molar refractivity (Wildman–Crippen MR) is 78.5 cm³/mol. The second-order valence-electron chi connectivity index (χ2n) is 5.96. The van der Waals surface area contributed by atoms with Gasteiger partial charge in [-0.2, -0.15) is 0 Å². The van der Waals surface area contributed by atoms with Crippen molar-refractivity contribution in [1.29, 1.82) is 0 Å². The topological polar surface area (TPSA) is 37.6 Å². The largest absolute Gasteiger partial charge is 0.468 e. The van der Waals surface area contributed by atoms with Crippen LogP contribution >= 0.6 is 0 Å². The number of rotatable bonds is 7. The Hall–Kier alpha value is -0.840. The van der Waals surface area contributed by atoms with Crippen molar-refractivity contribution in [2.75, 3.05) is 19.7 Å². The molecule has 1 aromatic rings. The van der Waals surface area contributed by atoms with Crippen molar-refractivity contribution in [2.45, 2.75) is 57.8 Å². The number of likely N-dealkylation sites (tertiary alicyclic amines) is 1. The fourth-order valence-corrected chi connectivity index (χ4v) is 2.88. The molecule has 4 nitrogen and oxygen atoms in total. The molecule has 0 amide bonds. The zero-order valence-corrected chi connectivity index (χ0v) is 12.4. The highest BCUT2D eigenvalue weighted by Crippen LogP contribution is 2.22. The predicted octanol–water partition coefficient (Wildman–Crippen LogP) is 2.53. The maximum atomic E-state index is 5.70. The summed E-state index contributed by atoms with van der Waals surface area (Å²) in [6, 6.07) is 2.86. The molecule has 0 spiro atoms. The summed E-state index contributed by atoms with van der Waals surface area (Å²) in [5, 5.41) is 3.56. The zero-order chi connectivity index (χ0) is 13.8. The van der Waals surface area contributed by atoms with Crippen molar-refractivity contribution >= 4 is 0 Å². The van der Waals surface area contributed by atoms with Gasteiger partial charge >= 0.3 is 0 Å². The highest BCUT2D eigenvalue weighted by Gasteiger charge is 2.23. The molecule has 2 aliphatic rings. The van der Waals surface area contributed by atoms with Gasteiger partial charge in [0.15, 0.2) is 0 Å². The van der Waals surface area contributed by atoms with Crippen molar-refractivity contribution < 1.29 is 9.15 Å². The van der Waals surface area contributed by atoms with Gasteiger partial charge in [0, 0.05) is 37.8 Å². The van der Waals surface area contributed by atoms with E-state index in [-0.39, 0.29) is 0 Å². The number of ether oxygens (including phenoxy) is 1. The Morgan fingerprint density at radius 1 is 1.30 bits per heavy atom. The normalized spacial score (nSPS) is 21.4. The summed E-state index contributed by atoms with van der Waals surface area (Å²) in [7, 11) is 0. The van der Waals surface area contributed by atoms with Gasteiger partial charge in [-0.05, 0) is 38.7 Å². The van der Waals surface area contributed by atoms with Crippen molar-refractivity contribution in [3.05, 3.63) is 23.7 Å². The molecule has 4 heteroatoms. The Morgan fingerprint density at radius 2 is 2.10 bits per heavy atom. The van der Waals surface area contributed by atoms with Gasteiger partial charge in [0.1, 0.15) is 5.76 Å². The Balaban J connectivity index is 1.46. The molecule has 112 valence electrons. The van der Waals surface area contributed by atoms with E-state index in [0.717, 1.165) is 57.4 Å². The minimum atomic E-state index is 0.462. The number of piperidine rings is 1. The molecule has 1 N–H and O–H groups in total. The van der Waals surface area contributed by atoms with Gasteiger partial charge in [-0.25, -0.2) is 0 Å². The standard InChI is InChI=1S/C16H26N2O2/c1-2-19-15-5-8-18(9-6-15)12-16-13(7-10-20-16)11-17-14-3-4-14/h7,10,14-15,17H,2-6,8-9,11-12H2,1H3. The van der Waals surface area contributed by atoms with Gasteiger partial charge in [-0.1, -0.05) is 0 Å². The highest BCUT2D eigenvalue weighted by atomic mass is 16.5. The van der Waals surface area contributed by atoms with Gasteiger partial charge < -0.3 is 14.5 Å². The van der Waals surface area contributed by atoms with Gasteiger partial charge in [0.25, 0.3) is 0 Å². The van der Waals surface area contributed by atoms with Crippen LogP contribution in [-0.4, -0.2) is 36.7 Å². The van der Waals surface area contributed by atoms with Crippen molar-refractivity contribution in [2.24, 2.45) is 0 Å². The fourth-order valence-electron chi connectivity index (χ4n) is 2.88. The van der Waals surface area contributed by atoms with E-state index in [1.54, 1.807) is 0 Å². The molecule has 0 bridgehead atoms. The van der Waals surface area contributed by atoms with E-state index in [1.807, 2.05) is 6.26 Å². The second-order valence-corrected chi connectivity index (χ2v) is 5.96. The fraction of sp³-hybridized carbons (Fsp3) is 0.750.